The van der Waals surface area contributed by atoms with Crippen molar-refractivity contribution in [3.05, 3.63) is 59.4 Å². The molecular formula is C13H10F3NO. The molecule has 2 aromatic rings. The number of hydrogen-bond donors (Lipinski definition) is 1. The predicted octanol–water partition coefficient (Wildman–Crippen LogP) is 3.35. The van der Waals surface area contributed by atoms with Gasteiger partial charge in [0.05, 0.1) is 0 Å². The Labute approximate surface area is 102 Å². The molecule has 0 fully saturated rings. The van der Waals surface area contributed by atoms with Gasteiger partial charge >= 0.3 is 0 Å². The molecule has 18 heavy (non-hydrogen) atoms. The van der Waals surface area contributed by atoms with Gasteiger partial charge in [0.15, 0.2) is 11.6 Å². The van der Waals surface area contributed by atoms with Gasteiger partial charge in [0, 0.05) is 18.2 Å². The maximum atomic E-state index is 13.4. The summed E-state index contributed by atoms with van der Waals surface area (Å²) in [5.41, 5.74) is 5.84. The Bertz CT molecular complexity index is 572. The highest BCUT2D eigenvalue weighted by molar-refractivity contribution is 5.38. The minimum atomic E-state index is -0.831. The van der Waals surface area contributed by atoms with Crippen molar-refractivity contribution in [2.45, 2.75) is 6.54 Å². The smallest absolute Gasteiger partial charge is 0.168 e. The molecule has 0 aliphatic carbocycles. The topological polar surface area (TPSA) is 35.2 Å². The number of nitrogens with two attached hydrogens (primary N) is 1. The lowest BCUT2D eigenvalue weighted by molar-refractivity contribution is 0.432. The highest BCUT2D eigenvalue weighted by Gasteiger charge is 2.09. The molecule has 0 aromatic heterocycles. The Kier molecular flexibility index (Phi) is 3.53. The van der Waals surface area contributed by atoms with Gasteiger partial charge in [-0.25, -0.2) is 13.2 Å². The Balaban J connectivity index is 2.33. The van der Waals surface area contributed by atoms with E-state index in [-0.39, 0.29) is 18.0 Å². The third-order valence-electron chi connectivity index (χ3n) is 2.36. The summed E-state index contributed by atoms with van der Waals surface area (Å²) in [6.07, 6.45) is 0. The van der Waals surface area contributed by atoms with Crippen LogP contribution in [-0.4, -0.2) is 0 Å². The van der Waals surface area contributed by atoms with Crippen molar-refractivity contribution in [2.24, 2.45) is 5.73 Å². The van der Waals surface area contributed by atoms with E-state index in [1.165, 1.54) is 18.2 Å². The van der Waals surface area contributed by atoms with Crippen molar-refractivity contribution in [3.63, 3.8) is 0 Å². The van der Waals surface area contributed by atoms with Crippen LogP contribution in [-0.2, 0) is 6.54 Å². The van der Waals surface area contributed by atoms with Gasteiger partial charge in [-0.2, -0.15) is 0 Å². The van der Waals surface area contributed by atoms with Crippen LogP contribution in [0, 0.1) is 17.5 Å². The summed E-state index contributed by atoms with van der Waals surface area (Å²) in [7, 11) is 0. The summed E-state index contributed by atoms with van der Waals surface area (Å²) in [5, 5.41) is 0. The normalized spacial score (nSPS) is 10.4. The fourth-order valence-electron chi connectivity index (χ4n) is 1.48. The highest BCUT2D eigenvalue weighted by Crippen LogP contribution is 2.28. The van der Waals surface area contributed by atoms with Gasteiger partial charge in [-0.1, -0.05) is 0 Å². The minimum Gasteiger partial charge on any atom is -0.454 e. The van der Waals surface area contributed by atoms with Crippen LogP contribution in [0.2, 0.25) is 0 Å². The molecule has 0 aliphatic rings. The van der Waals surface area contributed by atoms with E-state index in [0.717, 1.165) is 12.1 Å². The molecule has 2 nitrogen and oxygen atoms in total. The van der Waals surface area contributed by atoms with E-state index < -0.39 is 17.5 Å². The maximum Gasteiger partial charge on any atom is 0.168 e. The molecule has 2 rings (SSSR count). The lowest BCUT2D eigenvalue weighted by Gasteiger charge is -2.10. The molecule has 0 amide bonds. The monoisotopic (exact) mass is 253 g/mol. The summed E-state index contributed by atoms with van der Waals surface area (Å²) < 4.78 is 44.3. The molecule has 0 spiro atoms. The predicted molar refractivity (Wildman–Crippen MR) is 60.7 cm³/mol. The lowest BCUT2D eigenvalue weighted by Crippen LogP contribution is -2.01. The Morgan fingerprint density at radius 2 is 1.50 bits per heavy atom. The molecule has 5 heteroatoms. The quantitative estimate of drug-likeness (QED) is 0.910. The van der Waals surface area contributed by atoms with Crippen LogP contribution in [0.15, 0.2) is 36.4 Å². The number of ether oxygens (including phenoxy) is 1. The van der Waals surface area contributed by atoms with Crippen molar-refractivity contribution >= 4 is 0 Å². The Morgan fingerprint density at radius 1 is 0.889 bits per heavy atom. The van der Waals surface area contributed by atoms with E-state index in [4.69, 9.17) is 10.5 Å². The van der Waals surface area contributed by atoms with Crippen molar-refractivity contribution in [2.75, 3.05) is 0 Å². The molecule has 0 unspecified atom stereocenters. The fourth-order valence-corrected chi connectivity index (χ4v) is 1.48. The zero-order chi connectivity index (χ0) is 13.1. The third kappa shape index (κ3) is 2.62. The summed E-state index contributed by atoms with van der Waals surface area (Å²) >= 11 is 0. The minimum absolute atomic E-state index is 0.0515. The first kappa shape index (κ1) is 12.4. The third-order valence-corrected chi connectivity index (χ3v) is 2.36. The molecule has 0 radical (unpaired) electrons. The van der Waals surface area contributed by atoms with Gasteiger partial charge in [0.2, 0.25) is 0 Å². The molecule has 0 heterocycles. The number of rotatable bonds is 3. The number of halogens is 3. The first-order valence-electron chi connectivity index (χ1n) is 5.21. The number of benzene rings is 2. The fraction of sp³-hybridized carbons (Fsp3) is 0.0769. The van der Waals surface area contributed by atoms with Crippen LogP contribution < -0.4 is 10.5 Å². The Morgan fingerprint density at radius 3 is 2.11 bits per heavy atom. The van der Waals surface area contributed by atoms with Gasteiger partial charge in [-0.15, -0.1) is 0 Å². The largest absolute Gasteiger partial charge is 0.454 e. The molecule has 94 valence electrons. The van der Waals surface area contributed by atoms with E-state index in [0.29, 0.717) is 11.6 Å². The van der Waals surface area contributed by atoms with Gasteiger partial charge < -0.3 is 10.5 Å². The van der Waals surface area contributed by atoms with Crippen molar-refractivity contribution in [1.29, 1.82) is 0 Å². The van der Waals surface area contributed by atoms with Crippen LogP contribution in [0.5, 0.6) is 11.5 Å². The van der Waals surface area contributed by atoms with E-state index >= 15 is 0 Å². The van der Waals surface area contributed by atoms with Gasteiger partial charge in [-0.3, -0.25) is 0 Å². The van der Waals surface area contributed by atoms with Gasteiger partial charge in [0.25, 0.3) is 0 Å². The first-order valence-corrected chi connectivity index (χ1v) is 5.21. The molecule has 2 aromatic carbocycles. The molecule has 2 N–H and O–H groups in total. The van der Waals surface area contributed by atoms with Crippen molar-refractivity contribution in [1.82, 2.24) is 0 Å². The van der Waals surface area contributed by atoms with E-state index in [2.05, 4.69) is 0 Å². The van der Waals surface area contributed by atoms with Crippen LogP contribution in [0.1, 0.15) is 5.56 Å². The molecule has 0 bridgehead atoms. The van der Waals surface area contributed by atoms with Gasteiger partial charge in [-0.05, 0) is 30.3 Å². The van der Waals surface area contributed by atoms with Crippen LogP contribution in [0.25, 0.3) is 0 Å². The average Bonchev–Trinajstić information content (AvgIpc) is 2.34. The van der Waals surface area contributed by atoms with E-state index in [1.807, 2.05) is 0 Å². The zero-order valence-corrected chi connectivity index (χ0v) is 9.29. The molecule has 0 aliphatic heterocycles. The van der Waals surface area contributed by atoms with E-state index in [9.17, 15) is 13.2 Å². The summed E-state index contributed by atoms with van der Waals surface area (Å²) in [5.74, 6) is -1.88. The standard InChI is InChI=1S/C13H10F3NO/c14-9-1-3-12(8(5-9)7-17)18-13-4-2-10(15)6-11(13)16/h1-6H,7,17H2. The second kappa shape index (κ2) is 5.10. The second-order valence-electron chi connectivity index (χ2n) is 3.63. The number of hydrogen-bond acceptors (Lipinski definition) is 2. The first-order chi connectivity index (χ1) is 8.60. The van der Waals surface area contributed by atoms with Crippen LogP contribution in [0.3, 0.4) is 0 Å². The van der Waals surface area contributed by atoms with Crippen LogP contribution in [0.4, 0.5) is 13.2 Å². The lowest BCUT2D eigenvalue weighted by atomic mass is 10.2. The SMILES string of the molecule is NCc1cc(F)ccc1Oc1ccc(F)cc1F. The zero-order valence-electron chi connectivity index (χ0n) is 9.29. The maximum absolute atomic E-state index is 13.4. The molecule has 0 atom stereocenters. The molecule has 0 saturated heterocycles. The van der Waals surface area contributed by atoms with Crippen molar-refractivity contribution in [3.8, 4) is 11.5 Å². The van der Waals surface area contributed by atoms with Gasteiger partial charge in [0.1, 0.15) is 17.4 Å². The second-order valence-corrected chi connectivity index (χ2v) is 3.63. The molecule has 0 saturated carbocycles. The summed E-state index contributed by atoms with van der Waals surface area (Å²) in [4.78, 5) is 0. The summed E-state index contributed by atoms with van der Waals surface area (Å²) in [6.45, 7) is 0.0515. The van der Waals surface area contributed by atoms with Crippen molar-refractivity contribution < 1.29 is 17.9 Å². The molecular weight excluding hydrogens is 243 g/mol. The summed E-state index contributed by atoms with van der Waals surface area (Å²) in [6, 6.07) is 6.67. The average molecular weight is 253 g/mol. The van der Waals surface area contributed by atoms with Crippen LogP contribution >= 0.6 is 0 Å². The highest BCUT2D eigenvalue weighted by atomic mass is 19.1. The Hall–Kier alpha value is -2.01. The van der Waals surface area contributed by atoms with E-state index in [1.54, 1.807) is 0 Å².